The number of aryl methyl sites for hydroxylation is 3. The Hall–Kier alpha value is -2.02. The van der Waals surface area contributed by atoms with Gasteiger partial charge in [-0.1, -0.05) is 0 Å². The number of benzene rings is 1. The molecular formula is C12H16N4O2S. The van der Waals surface area contributed by atoms with E-state index in [-0.39, 0.29) is 4.90 Å². The predicted molar refractivity (Wildman–Crippen MR) is 74.3 cm³/mol. The van der Waals surface area contributed by atoms with Crippen LogP contribution in [0.1, 0.15) is 11.3 Å². The first-order valence-corrected chi connectivity index (χ1v) is 7.17. The number of nitrogens with two attached hydrogens (primary N) is 1. The van der Waals surface area contributed by atoms with Crippen LogP contribution in [0, 0.1) is 13.8 Å². The fourth-order valence-corrected chi connectivity index (χ4v) is 2.91. The molecule has 0 aliphatic carbocycles. The van der Waals surface area contributed by atoms with E-state index in [0.717, 1.165) is 5.56 Å². The number of nitrogen functional groups attached to an aromatic ring is 1. The zero-order valence-electron chi connectivity index (χ0n) is 11.0. The molecule has 6 nitrogen and oxygen atoms in total. The molecule has 2 aromatic rings. The summed E-state index contributed by atoms with van der Waals surface area (Å²) in [7, 11) is -1.89. The molecule has 2 rings (SSSR count). The highest BCUT2D eigenvalue weighted by Crippen LogP contribution is 2.21. The third-order valence-corrected chi connectivity index (χ3v) is 4.17. The van der Waals surface area contributed by atoms with Crippen LogP contribution in [0.2, 0.25) is 0 Å². The van der Waals surface area contributed by atoms with Gasteiger partial charge in [0, 0.05) is 18.9 Å². The Bertz CT molecular complexity index is 719. The Morgan fingerprint density at radius 3 is 2.53 bits per heavy atom. The average Bonchev–Trinajstić information content (AvgIpc) is 2.60. The minimum atomic E-state index is -3.62. The number of anilines is 2. The molecule has 3 N–H and O–H groups in total. The third kappa shape index (κ3) is 2.70. The maximum absolute atomic E-state index is 12.2. The molecule has 0 unspecified atom stereocenters. The summed E-state index contributed by atoms with van der Waals surface area (Å²) in [4.78, 5) is 0.183. The number of sulfonamides is 1. The van der Waals surface area contributed by atoms with Crippen LogP contribution < -0.4 is 10.5 Å². The first-order valence-electron chi connectivity index (χ1n) is 5.69. The molecule has 1 aromatic heterocycles. The molecule has 0 saturated carbocycles. The van der Waals surface area contributed by atoms with Gasteiger partial charge in [-0.05, 0) is 37.6 Å². The maximum atomic E-state index is 12.2. The summed E-state index contributed by atoms with van der Waals surface area (Å²) in [5, 5.41) is 4.09. The van der Waals surface area contributed by atoms with E-state index in [2.05, 4.69) is 9.82 Å². The molecule has 0 aliphatic rings. The lowest BCUT2D eigenvalue weighted by atomic mass is 10.2. The fourth-order valence-electron chi connectivity index (χ4n) is 1.72. The average molecular weight is 280 g/mol. The molecule has 0 atom stereocenters. The molecule has 0 spiro atoms. The Labute approximate surface area is 112 Å². The Morgan fingerprint density at radius 2 is 2.00 bits per heavy atom. The summed E-state index contributed by atoms with van der Waals surface area (Å²) < 4.78 is 28.6. The number of rotatable bonds is 3. The zero-order valence-corrected chi connectivity index (χ0v) is 11.8. The number of hydrogen-bond donors (Lipinski definition) is 2. The summed E-state index contributed by atoms with van der Waals surface area (Å²) >= 11 is 0. The van der Waals surface area contributed by atoms with Crippen LogP contribution >= 0.6 is 0 Å². The van der Waals surface area contributed by atoms with Crippen LogP contribution in [-0.2, 0) is 17.1 Å². The maximum Gasteiger partial charge on any atom is 0.262 e. The van der Waals surface area contributed by atoms with E-state index in [1.165, 1.54) is 6.07 Å². The minimum Gasteiger partial charge on any atom is -0.399 e. The lowest BCUT2D eigenvalue weighted by Crippen LogP contribution is -2.13. The van der Waals surface area contributed by atoms with Crippen molar-refractivity contribution in [2.24, 2.45) is 7.05 Å². The van der Waals surface area contributed by atoms with Crippen molar-refractivity contribution < 1.29 is 8.42 Å². The molecular weight excluding hydrogens is 264 g/mol. The summed E-state index contributed by atoms with van der Waals surface area (Å²) in [6.07, 6.45) is 1.62. The lowest BCUT2D eigenvalue weighted by molar-refractivity contribution is 0.601. The Morgan fingerprint density at radius 1 is 1.32 bits per heavy atom. The van der Waals surface area contributed by atoms with E-state index in [0.29, 0.717) is 17.1 Å². The van der Waals surface area contributed by atoms with Crippen LogP contribution in [0.25, 0.3) is 0 Å². The standard InChI is InChI=1S/C12H16N4O2S/c1-8-6-10(4-5-11(8)13)19(17,18)15-12-7-16(3)14-9(12)2/h4-7,15H,13H2,1-3H3. The van der Waals surface area contributed by atoms with Gasteiger partial charge in [-0.2, -0.15) is 5.10 Å². The van der Waals surface area contributed by atoms with Crippen LogP contribution in [0.3, 0.4) is 0 Å². The largest absolute Gasteiger partial charge is 0.399 e. The summed E-state index contributed by atoms with van der Waals surface area (Å²) in [5.41, 5.74) is 8.07. The van der Waals surface area contributed by atoms with Crippen molar-refractivity contribution in [2.45, 2.75) is 18.7 Å². The second-order valence-electron chi connectivity index (χ2n) is 4.43. The van der Waals surface area contributed by atoms with Crippen LogP contribution in [0.4, 0.5) is 11.4 Å². The van der Waals surface area contributed by atoms with Crippen LogP contribution in [0.15, 0.2) is 29.3 Å². The van der Waals surface area contributed by atoms with Crippen LogP contribution in [-0.4, -0.2) is 18.2 Å². The van der Waals surface area contributed by atoms with Gasteiger partial charge in [0.05, 0.1) is 16.3 Å². The van der Waals surface area contributed by atoms with Crippen LogP contribution in [0.5, 0.6) is 0 Å². The second kappa shape index (κ2) is 4.58. The van der Waals surface area contributed by atoms with Gasteiger partial charge in [0.15, 0.2) is 0 Å². The van der Waals surface area contributed by atoms with Gasteiger partial charge in [-0.15, -0.1) is 0 Å². The van der Waals surface area contributed by atoms with Crippen molar-refractivity contribution in [3.63, 3.8) is 0 Å². The highest BCUT2D eigenvalue weighted by molar-refractivity contribution is 7.92. The van der Waals surface area contributed by atoms with Crippen molar-refractivity contribution in [3.05, 3.63) is 35.7 Å². The van der Waals surface area contributed by atoms with Gasteiger partial charge in [0.2, 0.25) is 0 Å². The van der Waals surface area contributed by atoms with Gasteiger partial charge >= 0.3 is 0 Å². The van der Waals surface area contributed by atoms with E-state index in [1.54, 1.807) is 43.9 Å². The van der Waals surface area contributed by atoms with Gasteiger partial charge in [0.25, 0.3) is 10.0 Å². The molecule has 1 aromatic carbocycles. The predicted octanol–water partition coefficient (Wildman–Crippen LogP) is 1.42. The summed E-state index contributed by atoms with van der Waals surface area (Å²) in [6.45, 7) is 3.51. The molecule has 19 heavy (non-hydrogen) atoms. The van der Waals surface area contributed by atoms with Gasteiger partial charge in [-0.3, -0.25) is 9.40 Å². The Balaban J connectivity index is 2.37. The molecule has 0 radical (unpaired) electrons. The molecule has 1 heterocycles. The smallest absolute Gasteiger partial charge is 0.262 e. The monoisotopic (exact) mass is 280 g/mol. The summed E-state index contributed by atoms with van der Waals surface area (Å²) in [5.74, 6) is 0. The van der Waals surface area contributed by atoms with E-state index < -0.39 is 10.0 Å². The molecule has 0 saturated heterocycles. The lowest BCUT2D eigenvalue weighted by Gasteiger charge is -2.08. The fraction of sp³-hybridized carbons (Fsp3) is 0.250. The van der Waals surface area contributed by atoms with Gasteiger partial charge < -0.3 is 5.73 Å². The molecule has 0 amide bonds. The quantitative estimate of drug-likeness (QED) is 0.832. The van der Waals surface area contributed by atoms with Crippen molar-refractivity contribution in [3.8, 4) is 0 Å². The SMILES string of the molecule is Cc1cc(S(=O)(=O)Nc2cn(C)nc2C)ccc1N. The zero-order chi connectivity index (χ0) is 14.2. The summed E-state index contributed by atoms with van der Waals surface area (Å²) in [6, 6.07) is 4.61. The van der Waals surface area contributed by atoms with E-state index in [9.17, 15) is 8.42 Å². The number of nitrogens with zero attached hydrogens (tertiary/aromatic N) is 2. The molecule has 0 aliphatic heterocycles. The van der Waals surface area contributed by atoms with Crippen molar-refractivity contribution in [1.82, 2.24) is 9.78 Å². The molecule has 7 heteroatoms. The highest BCUT2D eigenvalue weighted by atomic mass is 32.2. The highest BCUT2D eigenvalue weighted by Gasteiger charge is 2.17. The van der Waals surface area contributed by atoms with Gasteiger partial charge in [-0.25, -0.2) is 8.42 Å². The van der Waals surface area contributed by atoms with Crippen molar-refractivity contribution in [2.75, 3.05) is 10.5 Å². The number of aromatic nitrogens is 2. The normalized spacial score (nSPS) is 11.5. The molecule has 0 fully saturated rings. The topological polar surface area (TPSA) is 90.0 Å². The number of nitrogens with one attached hydrogen (secondary N) is 1. The molecule has 0 bridgehead atoms. The number of hydrogen-bond acceptors (Lipinski definition) is 4. The third-order valence-electron chi connectivity index (χ3n) is 2.81. The Kier molecular flexibility index (Phi) is 3.23. The second-order valence-corrected chi connectivity index (χ2v) is 6.11. The van der Waals surface area contributed by atoms with Crippen molar-refractivity contribution in [1.29, 1.82) is 0 Å². The van der Waals surface area contributed by atoms with Gasteiger partial charge in [0.1, 0.15) is 0 Å². The molecule has 102 valence electrons. The first-order chi connectivity index (χ1) is 8.79. The minimum absolute atomic E-state index is 0.183. The van der Waals surface area contributed by atoms with Crippen molar-refractivity contribution >= 4 is 21.4 Å². The first kappa shape index (κ1) is 13.4. The van der Waals surface area contributed by atoms with E-state index >= 15 is 0 Å². The van der Waals surface area contributed by atoms with E-state index in [4.69, 9.17) is 5.73 Å². The van der Waals surface area contributed by atoms with E-state index in [1.807, 2.05) is 0 Å².